The van der Waals surface area contributed by atoms with Crippen LogP contribution in [0.25, 0.3) is 11.0 Å². The van der Waals surface area contributed by atoms with Gasteiger partial charge in [-0.15, -0.1) is 0 Å². The largest absolute Gasteiger partial charge is 0.465 e. The highest BCUT2D eigenvalue weighted by Crippen LogP contribution is 2.29. The van der Waals surface area contributed by atoms with Crippen molar-refractivity contribution in [2.24, 2.45) is 0 Å². The summed E-state index contributed by atoms with van der Waals surface area (Å²) in [4.78, 5) is 15.9. The molecule has 1 saturated heterocycles. The number of rotatable bonds is 2. The van der Waals surface area contributed by atoms with Crippen molar-refractivity contribution in [3.63, 3.8) is 0 Å². The van der Waals surface area contributed by atoms with Gasteiger partial charge in [-0.2, -0.15) is 5.10 Å². The van der Waals surface area contributed by atoms with Gasteiger partial charge >= 0.3 is 5.97 Å². The van der Waals surface area contributed by atoms with Crippen LogP contribution < -0.4 is 0 Å². The zero-order chi connectivity index (χ0) is 14.1. The molecule has 0 N–H and O–H groups in total. The molecule has 1 aliphatic heterocycles. The number of carbonyl (C=O) groups is 1. The van der Waals surface area contributed by atoms with Gasteiger partial charge in [0, 0.05) is 19.4 Å². The highest BCUT2D eigenvalue weighted by atomic mass is 79.9. The van der Waals surface area contributed by atoms with E-state index in [1.165, 1.54) is 13.3 Å². The highest BCUT2D eigenvalue weighted by molar-refractivity contribution is 9.10. The van der Waals surface area contributed by atoms with Crippen LogP contribution in [0.5, 0.6) is 0 Å². The molecule has 0 spiro atoms. The van der Waals surface area contributed by atoms with Crippen LogP contribution in [0.15, 0.2) is 16.9 Å². The number of hydrogen-bond donors (Lipinski definition) is 0. The average Bonchev–Trinajstić information content (AvgIpc) is 2.84. The Morgan fingerprint density at radius 3 is 2.95 bits per heavy atom. The van der Waals surface area contributed by atoms with E-state index in [4.69, 9.17) is 9.47 Å². The average molecular weight is 340 g/mol. The van der Waals surface area contributed by atoms with E-state index < -0.39 is 5.97 Å². The van der Waals surface area contributed by atoms with Gasteiger partial charge < -0.3 is 9.47 Å². The molecule has 2 aromatic rings. The Kier molecular flexibility index (Phi) is 3.71. The molecular formula is C13H14BrN3O3. The summed E-state index contributed by atoms with van der Waals surface area (Å²) >= 11 is 3.43. The van der Waals surface area contributed by atoms with Gasteiger partial charge in [0.25, 0.3) is 0 Å². The number of halogens is 1. The molecule has 0 aliphatic carbocycles. The molecule has 1 fully saturated rings. The van der Waals surface area contributed by atoms with E-state index >= 15 is 0 Å². The minimum atomic E-state index is -0.398. The van der Waals surface area contributed by atoms with Crippen LogP contribution in [0.4, 0.5) is 0 Å². The lowest BCUT2D eigenvalue weighted by atomic mass is 10.1. The molecule has 0 unspecified atom stereocenters. The molecule has 0 bridgehead atoms. The van der Waals surface area contributed by atoms with Crippen LogP contribution >= 0.6 is 15.9 Å². The second-order valence-electron chi connectivity index (χ2n) is 4.67. The smallest absolute Gasteiger partial charge is 0.339 e. The second kappa shape index (κ2) is 5.49. The normalized spacial score (nSPS) is 16.5. The molecule has 0 amide bonds. The van der Waals surface area contributed by atoms with Gasteiger partial charge in [-0.3, -0.25) is 0 Å². The Morgan fingerprint density at radius 2 is 2.25 bits per heavy atom. The van der Waals surface area contributed by atoms with Crippen LogP contribution in [-0.4, -0.2) is 41.1 Å². The molecule has 0 atom stereocenters. The second-order valence-corrected chi connectivity index (χ2v) is 5.42. The predicted molar refractivity (Wildman–Crippen MR) is 75.7 cm³/mol. The molecule has 0 radical (unpaired) electrons. The van der Waals surface area contributed by atoms with E-state index in [2.05, 4.69) is 26.0 Å². The lowest BCUT2D eigenvalue weighted by Gasteiger charge is -2.22. The van der Waals surface area contributed by atoms with E-state index in [1.807, 2.05) is 4.68 Å². The quantitative estimate of drug-likeness (QED) is 0.785. The predicted octanol–water partition coefficient (Wildman–Crippen LogP) is 2.33. The van der Waals surface area contributed by atoms with Crippen molar-refractivity contribution in [3.8, 4) is 0 Å². The van der Waals surface area contributed by atoms with Crippen LogP contribution in [0, 0.1) is 0 Å². The summed E-state index contributed by atoms with van der Waals surface area (Å²) in [5, 5.41) is 5.32. The van der Waals surface area contributed by atoms with Gasteiger partial charge in [0.1, 0.15) is 4.60 Å². The molecule has 20 heavy (non-hydrogen) atoms. The third-order valence-electron chi connectivity index (χ3n) is 3.46. The minimum Gasteiger partial charge on any atom is -0.465 e. The highest BCUT2D eigenvalue weighted by Gasteiger charge is 2.21. The number of hydrogen-bond acceptors (Lipinski definition) is 5. The van der Waals surface area contributed by atoms with E-state index in [1.54, 1.807) is 6.07 Å². The van der Waals surface area contributed by atoms with Gasteiger partial charge in [0.2, 0.25) is 0 Å². The fraction of sp³-hybridized carbons (Fsp3) is 0.462. The number of esters is 1. The lowest BCUT2D eigenvalue weighted by Crippen LogP contribution is -2.20. The van der Waals surface area contributed by atoms with E-state index in [0.29, 0.717) is 10.2 Å². The summed E-state index contributed by atoms with van der Waals surface area (Å²) in [5.74, 6) is -0.398. The molecule has 2 aromatic heterocycles. The molecule has 3 rings (SSSR count). The lowest BCUT2D eigenvalue weighted by molar-refractivity contribution is 0.0600. The van der Waals surface area contributed by atoms with E-state index in [9.17, 15) is 4.79 Å². The monoisotopic (exact) mass is 339 g/mol. The van der Waals surface area contributed by atoms with Crippen molar-refractivity contribution >= 4 is 32.9 Å². The Hall–Kier alpha value is -1.47. The van der Waals surface area contributed by atoms with Crippen molar-refractivity contribution in [2.45, 2.75) is 18.9 Å². The summed E-state index contributed by atoms with van der Waals surface area (Å²) in [6, 6.07) is 2.04. The Labute approximate surface area is 124 Å². The summed E-state index contributed by atoms with van der Waals surface area (Å²) in [5.41, 5.74) is 1.20. The molecule has 7 heteroatoms. The first-order valence-corrected chi connectivity index (χ1v) is 7.20. The molecule has 0 saturated carbocycles. The van der Waals surface area contributed by atoms with Crippen LogP contribution in [-0.2, 0) is 9.47 Å². The topological polar surface area (TPSA) is 66.2 Å². The van der Waals surface area contributed by atoms with Crippen LogP contribution in [0.1, 0.15) is 29.2 Å². The summed E-state index contributed by atoms with van der Waals surface area (Å²) in [7, 11) is 1.35. The molecule has 6 nitrogen and oxygen atoms in total. The first-order chi connectivity index (χ1) is 9.70. The fourth-order valence-electron chi connectivity index (χ4n) is 2.40. The van der Waals surface area contributed by atoms with Gasteiger partial charge in [-0.25, -0.2) is 14.5 Å². The van der Waals surface area contributed by atoms with E-state index in [-0.39, 0.29) is 6.04 Å². The molecule has 106 valence electrons. The van der Waals surface area contributed by atoms with Gasteiger partial charge in [-0.1, -0.05) is 0 Å². The van der Waals surface area contributed by atoms with Gasteiger partial charge in [0.05, 0.1) is 24.1 Å². The number of nitrogens with zero attached hydrogens (tertiary/aromatic N) is 3. The molecule has 3 heterocycles. The van der Waals surface area contributed by atoms with Gasteiger partial charge in [0.15, 0.2) is 5.65 Å². The maximum atomic E-state index is 11.6. The Morgan fingerprint density at radius 1 is 1.50 bits per heavy atom. The Bertz CT molecular complexity index is 650. The van der Waals surface area contributed by atoms with Crippen molar-refractivity contribution in [3.05, 3.63) is 22.4 Å². The maximum Gasteiger partial charge on any atom is 0.339 e. The van der Waals surface area contributed by atoms with Crippen molar-refractivity contribution in [1.82, 2.24) is 14.8 Å². The van der Waals surface area contributed by atoms with Crippen molar-refractivity contribution < 1.29 is 14.3 Å². The molecular weight excluding hydrogens is 326 g/mol. The standard InChI is InChI=1S/C13H14BrN3O3/c1-19-13(18)8-6-10-11(14)16-17(12(10)15-7-8)9-2-4-20-5-3-9/h6-7,9H,2-5H2,1H3. The Balaban J connectivity index is 2.05. The zero-order valence-electron chi connectivity index (χ0n) is 11.0. The summed E-state index contributed by atoms with van der Waals surface area (Å²) < 4.78 is 12.7. The number of aromatic nitrogens is 3. The third-order valence-corrected chi connectivity index (χ3v) is 4.05. The van der Waals surface area contributed by atoms with Crippen LogP contribution in [0.2, 0.25) is 0 Å². The van der Waals surface area contributed by atoms with Crippen molar-refractivity contribution in [2.75, 3.05) is 20.3 Å². The fourth-order valence-corrected chi connectivity index (χ4v) is 2.86. The maximum absolute atomic E-state index is 11.6. The summed E-state index contributed by atoms with van der Waals surface area (Å²) in [6.07, 6.45) is 3.37. The molecule has 1 aliphatic rings. The van der Waals surface area contributed by atoms with Crippen molar-refractivity contribution in [1.29, 1.82) is 0 Å². The number of methoxy groups -OCH3 is 1. The minimum absolute atomic E-state index is 0.286. The molecule has 0 aromatic carbocycles. The zero-order valence-corrected chi connectivity index (χ0v) is 12.6. The number of carbonyl (C=O) groups excluding carboxylic acids is 1. The third kappa shape index (κ3) is 2.31. The van der Waals surface area contributed by atoms with Gasteiger partial charge in [-0.05, 0) is 34.8 Å². The first kappa shape index (κ1) is 13.5. The summed E-state index contributed by atoms with van der Waals surface area (Å²) in [6.45, 7) is 1.48. The number of fused-ring (bicyclic) bond motifs is 1. The number of pyridine rings is 1. The van der Waals surface area contributed by atoms with Crippen LogP contribution in [0.3, 0.4) is 0 Å². The first-order valence-electron chi connectivity index (χ1n) is 6.40. The SMILES string of the molecule is COC(=O)c1cnc2c(c1)c(Br)nn2C1CCOCC1. The van der Waals surface area contributed by atoms with E-state index in [0.717, 1.165) is 37.1 Å². The number of ether oxygens (including phenoxy) is 2.